The van der Waals surface area contributed by atoms with Gasteiger partial charge >= 0.3 is 0 Å². The zero-order valence-electron chi connectivity index (χ0n) is 15.1. The van der Waals surface area contributed by atoms with Crippen molar-refractivity contribution >= 4 is 15.7 Å². The van der Waals surface area contributed by atoms with E-state index in [4.69, 9.17) is 10.5 Å². The molecule has 6 heteroatoms. The first-order valence-electron chi connectivity index (χ1n) is 8.53. The molecule has 0 saturated carbocycles. The molecule has 3 aromatic rings. The van der Waals surface area contributed by atoms with Crippen molar-refractivity contribution in [3.05, 3.63) is 90.0 Å². The second-order valence-electron chi connectivity index (χ2n) is 6.22. The molecule has 140 valence electrons. The number of hydrogen-bond donors (Lipinski definition) is 1. The lowest BCUT2D eigenvalue weighted by Gasteiger charge is -2.18. The van der Waals surface area contributed by atoms with Gasteiger partial charge in [-0.25, -0.2) is 8.42 Å². The Morgan fingerprint density at radius 3 is 2.19 bits per heavy atom. The fraction of sp³-hybridized carbons (Fsp3) is 0.143. The van der Waals surface area contributed by atoms with Gasteiger partial charge < -0.3 is 10.5 Å². The molecule has 0 aliphatic rings. The summed E-state index contributed by atoms with van der Waals surface area (Å²) in [4.78, 5) is 0.267. The van der Waals surface area contributed by atoms with Crippen LogP contribution in [0, 0.1) is 0 Å². The highest BCUT2D eigenvalue weighted by Crippen LogP contribution is 2.25. The lowest BCUT2D eigenvalue weighted by molar-refractivity contribution is 0.307. The minimum atomic E-state index is -3.55. The van der Waals surface area contributed by atoms with Gasteiger partial charge in [-0.05, 0) is 35.4 Å². The van der Waals surface area contributed by atoms with Gasteiger partial charge in [0, 0.05) is 13.6 Å². The zero-order chi connectivity index (χ0) is 19.3. The summed E-state index contributed by atoms with van der Waals surface area (Å²) < 4.78 is 32.5. The third kappa shape index (κ3) is 4.67. The summed E-state index contributed by atoms with van der Waals surface area (Å²) in [5, 5.41) is 0. The second-order valence-corrected chi connectivity index (χ2v) is 8.27. The van der Waals surface area contributed by atoms with Crippen LogP contribution in [-0.4, -0.2) is 19.8 Å². The highest BCUT2D eigenvalue weighted by atomic mass is 32.2. The number of nitrogens with zero attached hydrogens (tertiary/aromatic N) is 1. The van der Waals surface area contributed by atoms with E-state index in [0.717, 1.165) is 11.1 Å². The van der Waals surface area contributed by atoms with E-state index in [9.17, 15) is 8.42 Å². The average Bonchev–Trinajstić information content (AvgIpc) is 2.69. The standard InChI is InChI=1S/C21H22N2O3S/c1-23(27(24,25)19-10-6-3-7-11-19)15-18-12-13-20(22)21(14-18)26-16-17-8-4-2-5-9-17/h2-14H,15-16,22H2,1H3. The van der Waals surface area contributed by atoms with Gasteiger partial charge in [0.15, 0.2) is 0 Å². The highest BCUT2D eigenvalue weighted by molar-refractivity contribution is 7.89. The van der Waals surface area contributed by atoms with Crippen molar-refractivity contribution in [2.75, 3.05) is 12.8 Å². The number of ether oxygens (including phenoxy) is 1. The molecule has 0 aliphatic carbocycles. The first-order valence-corrected chi connectivity index (χ1v) is 9.97. The molecule has 0 atom stereocenters. The predicted molar refractivity (Wildman–Crippen MR) is 107 cm³/mol. The van der Waals surface area contributed by atoms with Crippen LogP contribution in [0.25, 0.3) is 0 Å². The monoisotopic (exact) mass is 382 g/mol. The molecule has 0 amide bonds. The molecule has 0 heterocycles. The number of hydrogen-bond acceptors (Lipinski definition) is 4. The van der Waals surface area contributed by atoms with Crippen LogP contribution in [0.15, 0.2) is 83.8 Å². The van der Waals surface area contributed by atoms with E-state index >= 15 is 0 Å². The van der Waals surface area contributed by atoms with Crippen LogP contribution >= 0.6 is 0 Å². The van der Waals surface area contributed by atoms with Crippen LogP contribution in [0.2, 0.25) is 0 Å². The summed E-state index contributed by atoms with van der Waals surface area (Å²) in [7, 11) is -2.00. The zero-order valence-corrected chi connectivity index (χ0v) is 15.9. The van der Waals surface area contributed by atoms with Crippen LogP contribution in [0.3, 0.4) is 0 Å². The molecule has 0 radical (unpaired) electrons. The minimum Gasteiger partial charge on any atom is -0.487 e. The molecule has 27 heavy (non-hydrogen) atoms. The van der Waals surface area contributed by atoms with Gasteiger partial charge in [-0.1, -0.05) is 54.6 Å². The van der Waals surface area contributed by atoms with E-state index in [1.54, 1.807) is 49.5 Å². The summed E-state index contributed by atoms with van der Waals surface area (Å²) in [5.74, 6) is 0.543. The Balaban J connectivity index is 1.74. The molecular weight excluding hydrogens is 360 g/mol. The third-order valence-electron chi connectivity index (χ3n) is 4.17. The maximum atomic E-state index is 12.7. The van der Waals surface area contributed by atoms with Crippen molar-refractivity contribution in [3.63, 3.8) is 0 Å². The van der Waals surface area contributed by atoms with Crippen molar-refractivity contribution in [1.29, 1.82) is 0 Å². The van der Waals surface area contributed by atoms with Crippen molar-refractivity contribution in [2.45, 2.75) is 18.0 Å². The Morgan fingerprint density at radius 2 is 1.52 bits per heavy atom. The number of sulfonamides is 1. The molecule has 5 nitrogen and oxygen atoms in total. The third-order valence-corrected chi connectivity index (χ3v) is 5.99. The van der Waals surface area contributed by atoms with Gasteiger partial charge in [0.25, 0.3) is 0 Å². The lowest BCUT2D eigenvalue weighted by atomic mass is 10.2. The average molecular weight is 382 g/mol. The fourth-order valence-electron chi connectivity index (χ4n) is 2.65. The Labute approximate surface area is 160 Å². The molecule has 0 unspecified atom stereocenters. The van der Waals surface area contributed by atoms with Crippen molar-refractivity contribution < 1.29 is 13.2 Å². The second kappa shape index (κ2) is 8.24. The maximum absolute atomic E-state index is 12.7. The van der Waals surface area contributed by atoms with Crippen LogP contribution in [0.1, 0.15) is 11.1 Å². The van der Waals surface area contributed by atoms with E-state index in [2.05, 4.69) is 0 Å². The molecular formula is C21H22N2O3S. The van der Waals surface area contributed by atoms with Gasteiger partial charge in [0.1, 0.15) is 12.4 Å². The summed E-state index contributed by atoms with van der Waals surface area (Å²) in [6.07, 6.45) is 0. The van der Waals surface area contributed by atoms with E-state index in [1.165, 1.54) is 4.31 Å². The number of rotatable bonds is 7. The molecule has 3 aromatic carbocycles. The molecule has 0 bridgehead atoms. The van der Waals surface area contributed by atoms with Crippen LogP contribution in [0.4, 0.5) is 5.69 Å². The summed E-state index contributed by atoms with van der Waals surface area (Å²) in [5.41, 5.74) is 8.35. The quantitative estimate of drug-likeness (QED) is 0.633. The highest BCUT2D eigenvalue weighted by Gasteiger charge is 2.20. The summed E-state index contributed by atoms with van der Waals surface area (Å²) >= 11 is 0. The fourth-order valence-corrected chi connectivity index (χ4v) is 3.83. The number of nitrogen functional groups attached to an aromatic ring is 1. The smallest absolute Gasteiger partial charge is 0.243 e. The van der Waals surface area contributed by atoms with Crippen LogP contribution < -0.4 is 10.5 Å². The van der Waals surface area contributed by atoms with Gasteiger partial charge in [-0.15, -0.1) is 0 Å². The van der Waals surface area contributed by atoms with Gasteiger partial charge in [-0.3, -0.25) is 0 Å². The largest absolute Gasteiger partial charge is 0.487 e. The molecule has 0 fully saturated rings. The van der Waals surface area contributed by atoms with Crippen LogP contribution in [0.5, 0.6) is 5.75 Å². The van der Waals surface area contributed by atoms with E-state index < -0.39 is 10.0 Å². The van der Waals surface area contributed by atoms with E-state index in [-0.39, 0.29) is 11.4 Å². The first kappa shape index (κ1) is 18.9. The Kier molecular flexibility index (Phi) is 5.78. The first-order chi connectivity index (χ1) is 13.0. The number of benzene rings is 3. The maximum Gasteiger partial charge on any atom is 0.243 e. The molecule has 2 N–H and O–H groups in total. The van der Waals surface area contributed by atoms with Crippen molar-refractivity contribution in [2.24, 2.45) is 0 Å². The van der Waals surface area contributed by atoms with Crippen LogP contribution in [-0.2, 0) is 23.2 Å². The van der Waals surface area contributed by atoms with Crippen molar-refractivity contribution in [3.8, 4) is 5.75 Å². The number of anilines is 1. The van der Waals surface area contributed by atoms with Gasteiger partial charge in [0.05, 0.1) is 10.6 Å². The van der Waals surface area contributed by atoms with Crippen molar-refractivity contribution in [1.82, 2.24) is 4.31 Å². The van der Waals surface area contributed by atoms with Gasteiger partial charge in [0.2, 0.25) is 10.0 Å². The molecule has 0 aromatic heterocycles. The topological polar surface area (TPSA) is 72.6 Å². The SMILES string of the molecule is CN(Cc1ccc(N)c(OCc2ccccc2)c1)S(=O)(=O)c1ccccc1. The Hall–Kier alpha value is -2.83. The Bertz CT molecular complexity index is 990. The molecule has 0 spiro atoms. The minimum absolute atomic E-state index is 0.221. The summed E-state index contributed by atoms with van der Waals surface area (Å²) in [6, 6.07) is 23.5. The summed E-state index contributed by atoms with van der Waals surface area (Å²) in [6.45, 7) is 0.617. The molecule has 3 rings (SSSR count). The van der Waals surface area contributed by atoms with E-state index in [1.807, 2.05) is 36.4 Å². The van der Waals surface area contributed by atoms with E-state index in [0.29, 0.717) is 18.0 Å². The predicted octanol–water partition coefficient (Wildman–Crippen LogP) is 3.67. The normalized spacial score (nSPS) is 11.5. The Morgan fingerprint density at radius 1 is 0.889 bits per heavy atom. The van der Waals surface area contributed by atoms with Gasteiger partial charge in [-0.2, -0.15) is 4.31 Å². The number of nitrogens with two attached hydrogens (primary N) is 1. The molecule has 0 aliphatic heterocycles. The molecule has 0 saturated heterocycles. The lowest BCUT2D eigenvalue weighted by Crippen LogP contribution is -2.26.